The first-order valence-electron chi connectivity index (χ1n) is 4.29. The van der Waals surface area contributed by atoms with Crippen LogP contribution in [0, 0.1) is 0 Å². The summed E-state index contributed by atoms with van der Waals surface area (Å²) in [5.74, 6) is -0.274. The van der Waals surface area contributed by atoms with Crippen molar-refractivity contribution in [2.45, 2.75) is 12.5 Å². The second-order valence-electron chi connectivity index (χ2n) is 2.74. The zero-order chi connectivity index (χ0) is 9.52. The molecule has 0 saturated carbocycles. The Labute approximate surface area is 77.5 Å². The van der Waals surface area contributed by atoms with Crippen LogP contribution in [0.25, 0.3) is 0 Å². The number of carbonyl (C=O) groups excluding carboxylic acids is 1. The average molecular weight is 186 g/mol. The van der Waals surface area contributed by atoms with E-state index >= 15 is 0 Å². The van der Waals surface area contributed by atoms with Crippen LogP contribution in [0.3, 0.4) is 0 Å². The molecule has 0 amide bonds. The fourth-order valence-electron chi connectivity index (χ4n) is 0.995. The minimum Gasteiger partial charge on any atom is -0.463 e. The third-order valence-corrected chi connectivity index (χ3v) is 1.63. The minimum atomic E-state index is -0.274. The van der Waals surface area contributed by atoms with E-state index in [2.05, 4.69) is 6.58 Å². The van der Waals surface area contributed by atoms with Gasteiger partial charge in [-0.2, -0.15) is 0 Å². The fourth-order valence-corrected chi connectivity index (χ4v) is 0.995. The molecule has 1 atom stereocenters. The van der Waals surface area contributed by atoms with E-state index in [9.17, 15) is 4.79 Å². The molecule has 0 aliphatic carbocycles. The maximum Gasteiger partial charge on any atom is 0.309 e. The van der Waals surface area contributed by atoms with Crippen LogP contribution in [0.4, 0.5) is 0 Å². The summed E-state index contributed by atoms with van der Waals surface area (Å²) in [5, 5.41) is 0. The first kappa shape index (κ1) is 10.2. The Hall–Kier alpha value is -0.870. The van der Waals surface area contributed by atoms with Gasteiger partial charge in [-0.25, -0.2) is 0 Å². The van der Waals surface area contributed by atoms with Gasteiger partial charge in [-0.05, 0) is 0 Å². The standard InChI is InChI=1S/C9H14O4/c1-2-3-9(10)13-7-8-6-11-4-5-12-8/h2,8H,1,3-7H2. The van der Waals surface area contributed by atoms with E-state index in [4.69, 9.17) is 14.2 Å². The zero-order valence-electron chi connectivity index (χ0n) is 7.53. The van der Waals surface area contributed by atoms with Crippen molar-refractivity contribution in [2.24, 2.45) is 0 Å². The van der Waals surface area contributed by atoms with Crippen LogP contribution in [0.2, 0.25) is 0 Å². The number of esters is 1. The molecule has 4 heteroatoms. The monoisotopic (exact) mass is 186 g/mol. The minimum absolute atomic E-state index is 0.109. The highest BCUT2D eigenvalue weighted by Gasteiger charge is 2.15. The van der Waals surface area contributed by atoms with E-state index in [0.717, 1.165) is 0 Å². The highest BCUT2D eigenvalue weighted by molar-refractivity contribution is 5.70. The molecule has 0 radical (unpaired) electrons. The van der Waals surface area contributed by atoms with Gasteiger partial charge >= 0.3 is 5.97 Å². The summed E-state index contributed by atoms with van der Waals surface area (Å²) in [5.41, 5.74) is 0. The molecule has 4 nitrogen and oxygen atoms in total. The van der Waals surface area contributed by atoms with Crippen molar-refractivity contribution in [3.05, 3.63) is 12.7 Å². The third-order valence-electron chi connectivity index (χ3n) is 1.63. The Morgan fingerprint density at radius 1 is 1.62 bits per heavy atom. The molecule has 13 heavy (non-hydrogen) atoms. The van der Waals surface area contributed by atoms with Crippen molar-refractivity contribution >= 4 is 5.97 Å². The van der Waals surface area contributed by atoms with Gasteiger partial charge in [0.05, 0.1) is 26.2 Å². The van der Waals surface area contributed by atoms with Crippen LogP contribution in [-0.2, 0) is 19.0 Å². The molecule has 0 aromatic heterocycles. The van der Waals surface area contributed by atoms with Gasteiger partial charge in [-0.3, -0.25) is 4.79 Å². The van der Waals surface area contributed by atoms with E-state index in [-0.39, 0.29) is 25.1 Å². The first-order valence-corrected chi connectivity index (χ1v) is 4.29. The summed E-state index contributed by atoms with van der Waals surface area (Å²) in [6.07, 6.45) is 1.65. The molecule has 0 aromatic rings. The van der Waals surface area contributed by atoms with Gasteiger partial charge in [0.1, 0.15) is 12.7 Å². The average Bonchev–Trinajstić information content (AvgIpc) is 2.17. The maximum atomic E-state index is 10.9. The van der Waals surface area contributed by atoms with Crippen molar-refractivity contribution < 1.29 is 19.0 Å². The van der Waals surface area contributed by atoms with Gasteiger partial charge in [0, 0.05) is 0 Å². The summed E-state index contributed by atoms with van der Waals surface area (Å²) in [6.45, 7) is 5.41. The van der Waals surface area contributed by atoms with Crippen molar-refractivity contribution in [3.8, 4) is 0 Å². The van der Waals surface area contributed by atoms with Crippen molar-refractivity contribution in [3.63, 3.8) is 0 Å². The number of hydrogen-bond donors (Lipinski definition) is 0. The summed E-state index contributed by atoms with van der Waals surface area (Å²) >= 11 is 0. The molecule has 0 N–H and O–H groups in total. The highest BCUT2D eigenvalue weighted by Crippen LogP contribution is 2.01. The zero-order valence-corrected chi connectivity index (χ0v) is 7.53. The van der Waals surface area contributed by atoms with E-state index in [0.29, 0.717) is 19.8 Å². The van der Waals surface area contributed by atoms with Crippen LogP contribution in [-0.4, -0.2) is 38.5 Å². The Morgan fingerprint density at radius 3 is 3.08 bits per heavy atom. The second kappa shape index (κ2) is 5.72. The lowest BCUT2D eigenvalue weighted by Crippen LogP contribution is -2.33. The van der Waals surface area contributed by atoms with Crippen LogP contribution >= 0.6 is 0 Å². The lowest BCUT2D eigenvalue weighted by molar-refractivity contribution is -0.154. The summed E-state index contributed by atoms with van der Waals surface area (Å²) in [7, 11) is 0. The summed E-state index contributed by atoms with van der Waals surface area (Å²) < 4.78 is 15.3. The summed E-state index contributed by atoms with van der Waals surface area (Å²) in [4.78, 5) is 10.9. The molecular formula is C9H14O4. The summed E-state index contributed by atoms with van der Waals surface area (Å²) in [6, 6.07) is 0. The Balaban J connectivity index is 2.09. The molecule has 1 unspecified atom stereocenters. The molecule has 74 valence electrons. The van der Waals surface area contributed by atoms with E-state index in [1.807, 2.05) is 0 Å². The first-order chi connectivity index (χ1) is 6.33. The molecule has 1 fully saturated rings. The van der Waals surface area contributed by atoms with Gasteiger partial charge in [0.2, 0.25) is 0 Å². The van der Waals surface area contributed by atoms with Gasteiger partial charge in [-0.1, -0.05) is 6.08 Å². The predicted octanol–water partition coefficient (Wildman–Crippen LogP) is 0.521. The molecule has 0 spiro atoms. The molecular weight excluding hydrogens is 172 g/mol. The van der Waals surface area contributed by atoms with Crippen LogP contribution < -0.4 is 0 Å². The lowest BCUT2D eigenvalue weighted by Gasteiger charge is -2.22. The normalized spacial score (nSPS) is 22.3. The molecule has 1 saturated heterocycles. The van der Waals surface area contributed by atoms with Crippen LogP contribution in [0.1, 0.15) is 6.42 Å². The quantitative estimate of drug-likeness (QED) is 0.474. The largest absolute Gasteiger partial charge is 0.463 e. The number of ether oxygens (including phenoxy) is 3. The Morgan fingerprint density at radius 2 is 2.46 bits per heavy atom. The Kier molecular flexibility index (Phi) is 4.49. The smallest absolute Gasteiger partial charge is 0.309 e. The molecule has 1 aliphatic rings. The van der Waals surface area contributed by atoms with E-state index < -0.39 is 0 Å². The van der Waals surface area contributed by atoms with Crippen LogP contribution in [0.15, 0.2) is 12.7 Å². The van der Waals surface area contributed by atoms with E-state index in [1.54, 1.807) is 0 Å². The van der Waals surface area contributed by atoms with Gasteiger partial charge in [0.25, 0.3) is 0 Å². The molecule has 0 bridgehead atoms. The van der Waals surface area contributed by atoms with Crippen LogP contribution in [0.5, 0.6) is 0 Å². The number of hydrogen-bond acceptors (Lipinski definition) is 4. The highest BCUT2D eigenvalue weighted by atomic mass is 16.6. The number of rotatable bonds is 4. The second-order valence-corrected chi connectivity index (χ2v) is 2.74. The Bertz CT molecular complexity index is 172. The topological polar surface area (TPSA) is 44.8 Å². The third kappa shape index (κ3) is 4.05. The van der Waals surface area contributed by atoms with Gasteiger partial charge < -0.3 is 14.2 Å². The van der Waals surface area contributed by atoms with E-state index in [1.165, 1.54) is 6.08 Å². The number of carbonyl (C=O) groups is 1. The molecule has 1 heterocycles. The fraction of sp³-hybridized carbons (Fsp3) is 0.667. The van der Waals surface area contributed by atoms with Gasteiger partial charge in [0.15, 0.2) is 0 Å². The van der Waals surface area contributed by atoms with Crippen molar-refractivity contribution in [1.29, 1.82) is 0 Å². The maximum absolute atomic E-state index is 10.9. The molecule has 1 rings (SSSR count). The predicted molar refractivity (Wildman–Crippen MR) is 46.3 cm³/mol. The molecule has 1 aliphatic heterocycles. The molecule has 0 aromatic carbocycles. The van der Waals surface area contributed by atoms with Gasteiger partial charge in [-0.15, -0.1) is 6.58 Å². The van der Waals surface area contributed by atoms with Crippen molar-refractivity contribution in [1.82, 2.24) is 0 Å². The van der Waals surface area contributed by atoms with Crippen molar-refractivity contribution in [2.75, 3.05) is 26.4 Å². The lowest BCUT2D eigenvalue weighted by atomic mass is 10.3. The SMILES string of the molecule is C=CCC(=O)OCC1COCCO1.